The molecule has 10 heteroatoms. The maximum atomic E-state index is 12.8. The molecule has 1 amide bonds. The number of anilines is 1. The number of hydrogen-bond acceptors (Lipinski definition) is 6. The van der Waals surface area contributed by atoms with E-state index in [1.54, 1.807) is 53.1 Å². The first-order valence-corrected chi connectivity index (χ1v) is 10.1. The maximum Gasteiger partial charge on any atom is 0.326 e. The highest BCUT2D eigenvalue weighted by Crippen LogP contribution is 2.26. The highest BCUT2D eigenvalue weighted by molar-refractivity contribution is 6.33. The zero-order valence-electron chi connectivity index (χ0n) is 17.0. The lowest BCUT2D eigenvalue weighted by atomic mass is 10.1. The quantitative estimate of drug-likeness (QED) is 0.199. The number of nitrogens with one attached hydrogen (secondary N) is 1. The van der Waals surface area contributed by atoms with Gasteiger partial charge in [0.15, 0.2) is 12.0 Å². The second kappa shape index (κ2) is 9.09. The summed E-state index contributed by atoms with van der Waals surface area (Å²) in [7, 11) is 0. The number of aromatic nitrogens is 1. The summed E-state index contributed by atoms with van der Waals surface area (Å²) in [5.74, 6) is -1.41. The molecular formula is C23H16ClN3O6. The van der Waals surface area contributed by atoms with E-state index in [9.17, 15) is 24.5 Å². The smallest absolute Gasteiger partial charge is 0.326 e. The van der Waals surface area contributed by atoms with Crippen LogP contribution in [0.2, 0.25) is 5.02 Å². The number of rotatable bonds is 6. The van der Waals surface area contributed by atoms with Gasteiger partial charge in [-0.05, 0) is 30.3 Å². The lowest BCUT2D eigenvalue weighted by Crippen LogP contribution is -2.24. The van der Waals surface area contributed by atoms with Gasteiger partial charge in [0, 0.05) is 22.9 Å². The molecule has 1 N–H and O–H groups in total. The Morgan fingerprint density at radius 1 is 1.00 bits per heavy atom. The topological polar surface area (TPSA) is 121 Å². The molecule has 1 heterocycles. The van der Waals surface area contributed by atoms with Gasteiger partial charge in [-0.25, -0.2) is 0 Å². The Morgan fingerprint density at radius 2 is 1.61 bits per heavy atom. The molecule has 4 aromatic rings. The summed E-state index contributed by atoms with van der Waals surface area (Å²) in [5.41, 5.74) is 0.768. The fourth-order valence-corrected chi connectivity index (χ4v) is 3.64. The average Bonchev–Trinajstić information content (AvgIpc) is 2.81. The van der Waals surface area contributed by atoms with Gasteiger partial charge in [0.1, 0.15) is 6.54 Å². The zero-order chi connectivity index (χ0) is 23.5. The van der Waals surface area contributed by atoms with Crippen LogP contribution in [0, 0.1) is 10.1 Å². The number of para-hydroxylation sites is 2. The minimum absolute atomic E-state index is 0.0318. The molecule has 4 rings (SSSR count). The molecule has 166 valence electrons. The molecule has 9 nitrogen and oxygen atoms in total. The monoisotopic (exact) mass is 465 g/mol. The number of pyridine rings is 1. The number of nitrogens with zero attached hydrogens (tertiary/aromatic N) is 2. The van der Waals surface area contributed by atoms with Gasteiger partial charge in [-0.15, -0.1) is 0 Å². The van der Waals surface area contributed by atoms with Crippen LogP contribution in [-0.2, 0) is 20.9 Å². The number of carbonyl (C=O) groups is 2. The number of nitro groups is 1. The number of nitro benzene ring substituents is 1. The standard InChI is InChI=1S/C23H16ClN3O6/c24-17-10-9-14(27(31)32)11-18(17)25-21(28)13-33-22(29)12-26-19-7-3-1-5-15(19)23(30)16-6-2-4-8-20(16)26/h1-11H,12-13H2,(H,25,28). The minimum atomic E-state index is -0.708. The van der Waals surface area contributed by atoms with Crippen molar-refractivity contribution in [3.05, 3.63) is 92.1 Å². The highest BCUT2D eigenvalue weighted by Gasteiger charge is 2.16. The van der Waals surface area contributed by atoms with Gasteiger partial charge in [-0.2, -0.15) is 0 Å². The lowest BCUT2D eigenvalue weighted by Gasteiger charge is -2.14. The first-order chi connectivity index (χ1) is 15.8. The molecule has 0 atom stereocenters. The SMILES string of the molecule is O=C(COC(=O)Cn1c2ccccc2c(=O)c2ccccc21)Nc1cc([N+](=O)[O-])ccc1Cl. The van der Waals surface area contributed by atoms with Crippen molar-refractivity contribution in [2.75, 3.05) is 11.9 Å². The third-order valence-corrected chi connectivity index (χ3v) is 5.29. The van der Waals surface area contributed by atoms with E-state index in [-0.39, 0.29) is 28.4 Å². The van der Waals surface area contributed by atoms with E-state index in [0.717, 1.165) is 6.07 Å². The number of fused-ring (bicyclic) bond motifs is 2. The number of ether oxygens (including phenoxy) is 1. The largest absolute Gasteiger partial charge is 0.454 e. The van der Waals surface area contributed by atoms with Crippen molar-refractivity contribution in [1.29, 1.82) is 0 Å². The molecule has 0 spiro atoms. The van der Waals surface area contributed by atoms with Crippen LogP contribution in [0.1, 0.15) is 0 Å². The molecule has 33 heavy (non-hydrogen) atoms. The van der Waals surface area contributed by atoms with Gasteiger partial charge in [-0.3, -0.25) is 24.5 Å². The normalized spacial score (nSPS) is 10.8. The summed E-state index contributed by atoms with van der Waals surface area (Å²) in [5, 5.41) is 14.3. The molecule has 0 aliphatic carbocycles. The molecule has 0 bridgehead atoms. The van der Waals surface area contributed by atoms with Crippen LogP contribution in [0.15, 0.2) is 71.5 Å². The number of benzene rings is 3. The van der Waals surface area contributed by atoms with Crippen molar-refractivity contribution in [1.82, 2.24) is 4.57 Å². The summed E-state index contributed by atoms with van der Waals surface area (Å²) in [4.78, 5) is 47.8. The van der Waals surface area contributed by atoms with Crippen molar-refractivity contribution in [2.24, 2.45) is 0 Å². The van der Waals surface area contributed by atoms with Crippen LogP contribution < -0.4 is 10.7 Å². The van der Waals surface area contributed by atoms with Crippen molar-refractivity contribution >= 4 is 56.7 Å². The predicted octanol–water partition coefficient (Wildman–Crippen LogP) is 3.90. The molecule has 0 radical (unpaired) electrons. The molecule has 0 fully saturated rings. The van der Waals surface area contributed by atoms with Crippen LogP contribution in [0.4, 0.5) is 11.4 Å². The first kappa shape index (κ1) is 22.0. The third kappa shape index (κ3) is 4.53. The van der Waals surface area contributed by atoms with Crippen LogP contribution in [0.25, 0.3) is 21.8 Å². The van der Waals surface area contributed by atoms with E-state index >= 15 is 0 Å². The summed E-state index contributed by atoms with van der Waals surface area (Å²) >= 11 is 5.96. The van der Waals surface area contributed by atoms with Crippen molar-refractivity contribution in [2.45, 2.75) is 6.54 Å². The van der Waals surface area contributed by atoms with Crippen molar-refractivity contribution < 1.29 is 19.2 Å². The summed E-state index contributed by atoms with van der Waals surface area (Å²) in [6.07, 6.45) is 0. The molecule has 0 saturated carbocycles. The van der Waals surface area contributed by atoms with E-state index in [0.29, 0.717) is 21.8 Å². The van der Waals surface area contributed by atoms with Crippen molar-refractivity contribution in [3.8, 4) is 0 Å². The lowest BCUT2D eigenvalue weighted by molar-refractivity contribution is -0.384. The Bertz CT molecular complexity index is 1420. The molecule has 0 aliphatic heterocycles. The Morgan fingerprint density at radius 3 is 2.21 bits per heavy atom. The molecule has 0 aliphatic rings. The zero-order valence-corrected chi connectivity index (χ0v) is 17.7. The number of non-ortho nitro benzene ring substituents is 1. The molecule has 1 aromatic heterocycles. The number of hydrogen-bond donors (Lipinski definition) is 1. The van der Waals surface area contributed by atoms with E-state index in [4.69, 9.17) is 16.3 Å². The van der Waals surface area contributed by atoms with Crippen LogP contribution in [-0.4, -0.2) is 28.0 Å². The van der Waals surface area contributed by atoms with E-state index in [2.05, 4.69) is 5.32 Å². The molecular weight excluding hydrogens is 450 g/mol. The first-order valence-electron chi connectivity index (χ1n) is 9.75. The number of esters is 1. The number of halogens is 1. The van der Waals surface area contributed by atoms with Crippen LogP contribution >= 0.6 is 11.6 Å². The second-order valence-corrected chi connectivity index (χ2v) is 7.49. The van der Waals surface area contributed by atoms with Crippen LogP contribution in [0.3, 0.4) is 0 Å². The predicted molar refractivity (Wildman–Crippen MR) is 123 cm³/mol. The maximum absolute atomic E-state index is 12.8. The minimum Gasteiger partial charge on any atom is -0.454 e. The van der Waals surface area contributed by atoms with E-state index in [1.807, 2.05) is 0 Å². The highest BCUT2D eigenvalue weighted by atomic mass is 35.5. The van der Waals surface area contributed by atoms with E-state index in [1.165, 1.54) is 12.1 Å². The van der Waals surface area contributed by atoms with Crippen molar-refractivity contribution in [3.63, 3.8) is 0 Å². The summed E-state index contributed by atoms with van der Waals surface area (Å²) < 4.78 is 6.76. The molecule has 0 saturated heterocycles. The van der Waals surface area contributed by atoms with Gasteiger partial charge < -0.3 is 14.6 Å². The van der Waals surface area contributed by atoms with Gasteiger partial charge in [-0.1, -0.05) is 35.9 Å². The number of amides is 1. The van der Waals surface area contributed by atoms with Gasteiger partial charge in [0.25, 0.3) is 11.6 Å². The Hall–Kier alpha value is -4.24. The Kier molecular flexibility index (Phi) is 6.05. The Labute approximate surface area is 191 Å². The fraction of sp³-hybridized carbons (Fsp3) is 0.0870. The van der Waals surface area contributed by atoms with Crippen LogP contribution in [0.5, 0.6) is 0 Å². The van der Waals surface area contributed by atoms with E-state index < -0.39 is 23.4 Å². The van der Waals surface area contributed by atoms with Gasteiger partial charge >= 0.3 is 5.97 Å². The summed E-state index contributed by atoms with van der Waals surface area (Å²) in [6.45, 7) is -0.847. The second-order valence-electron chi connectivity index (χ2n) is 7.08. The number of carbonyl (C=O) groups excluding carboxylic acids is 2. The van der Waals surface area contributed by atoms with Gasteiger partial charge in [0.05, 0.1) is 26.7 Å². The average molecular weight is 466 g/mol. The fourth-order valence-electron chi connectivity index (χ4n) is 3.48. The summed E-state index contributed by atoms with van der Waals surface area (Å²) in [6, 6.07) is 17.4. The molecule has 0 unspecified atom stereocenters. The third-order valence-electron chi connectivity index (χ3n) is 4.97. The van der Waals surface area contributed by atoms with Gasteiger partial charge in [0.2, 0.25) is 0 Å². The molecule has 3 aromatic carbocycles. The Balaban J connectivity index is 1.51.